The molecular weight excluding hydrogens is 560 g/mol. The van der Waals surface area contributed by atoms with Crippen molar-refractivity contribution in [1.82, 2.24) is 5.43 Å². The fourth-order valence-corrected chi connectivity index (χ4v) is 5.61. The van der Waals surface area contributed by atoms with Crippen LogP contribution in [0.2, 0.25) is 0 Å². The van der Waals surface area contributed by atoms with Gasteiger partial charge in [0.25, 0.3) is 15.9 Å². The Labute approximate surface area is 225 Å². The van der Waals surface area contributed by atoms with Gasteiger partial charge in [-0.3, -0.25) is 9.10 Å². The van der Waals surface area contributed by atoms with E-state index in [1.54, 1.807) is 24.3 Å². The van der Waals surface area contributed by atoms with Gasteiger partial charge in [-0.1, -0.05) is 23.8 Å². The van der Waals surface area contributed by atoms with Crippen LogP contribution in [0.4, 0.5) is 11.4 Å². The zero-order chi connectivity index (χ0) is 27.2. The molecule has 196 valence electrons. The smallest absolute Gasteiger partial charge is 0.264 e. The second-order valence-corrected chi connectivity index (χ2v) is 11.0. The molecule has 3 aromatic carbocycles. The molecule has 1 amide bonds. The van der Waals surface area contributed by atoms with Crippen molar-refractivity contribution < 1.29 is 22.7 Å². The summed E-state index contributed by atoms with van der Waals surface area (Å²) in [5.74, 6) is 0.0319. The molecule has 0 atom stereocenters. The Kier molecular flexibility index (Phi) is 9.17. The van der Waals surface area contributed by atoms with Crippen molar-refractivity contribution in [3.63, 3.8) is 0 Å². The van der Waals surface area contributed by atoms with E-state index in [0.29, 0.717) is 5.75 Å². The first-order valence-electron chi connectivity index (χ1n) is 11.2. The molecule has 3 rings (SSSR count). The highest BCUT2D eigenvalue weighted by atomic mass is 79.9. The van der Waals surface area contributed by atoms with Gasteiger partial charge in [0.2, 0.25) is 0 Å². The van der Waals surface area contributed by atoms with Crippen LogP contribution < -0.4 is 24.1 Å². The summed E-state index contributed by atoms with van der Waals surface area (Å²) in [5.41, 5.74) is 5.21. The van der Waals surface area contributed by atoms with Gasteiger partial charge in [0, 0.05) is 24.6 Å². The SMILES string of the molecule is COc1ccc(OC)c(N(CC(=O)N/N=C\c2ccc(N(C)C)c(Br)c2)S(=O)(=O)c2ccc(C)cc2)c1. The van der Waals surface area contributed by atoms with Crippen LogP contribution in [0.15, 0.2) is 75.1 Å². The largest absolute Gasteiger partial charge is 0.497 e. The topological polar surface area (TPSA) is 101 Å². The Balaban J connectivity index is 1.91. The number of hydrogen-bond donors (Lipinski definition) is 1. The number of benzene rings is 3. The lowest BCUT2D eigenvalue weighted by molar-refractivity contribution is -0.119. The van der Waals surface area contributed by atoms with E-state index in [-0.39, 0.29) is 16.3 Å². The summed E-state index contributed by atoms with van der Waals surface area (Å²) < 4.78 is 39.9. The van der Waals surface area contributed by atoms with Crippen molar-refractivity contribution in [2.75, 3.05) is 44.1 Å². The molecule has 0 aliphatic heterocycles. The van der Waals surface area contributed by atoms with E-state index in [1.165, 1.54) is 38.6 Å². The maximum absolute atomic E-state index is 13.7. The minimum absolute atomic E-state index is 0.0325. The number of anilines is 2. The fraction of sp³-hybridized carbons (Fsp3) is 0.231. The molecule has 0 aromatic heterocycles. The summed E-state index contributed by atoms with van der Waals surface area (Å²) in [6.07, 6.45) is 1.48. The third-order valence-electron chi connectivity index (χ3n) is 5.41. The molecular formula is C26H29BrN4O5S. The van der Waals surface area contributed by atoms with Gasteiger partial charge in [-0.2, -0.15) is 5.10 Å². The normalized spacial score (nSPS) is 11.3. The van der Waals surface area contributed by atoms with Crippen LogP contribution in [0.3, 0.4) is 0 Å². The molecule has 3 aromatic rings. The van der Waals surface area contributed by atoms with E-state index in [0.717, 1.165) is 25.6 Å². The standard InChI is InChI=1S/C26H29BrN4O5S/c1-18-6-10-21(11-7-18)37(33,34)31(24-15-20(35-4)9-13-25(24)36-5)17-26(32)29-28-16-19-8-12-23(30(2)3)22(27)14-19/h6-16H,17H2,1-5H3,(H,29,32)/b28-16-. The summed E-state index contributed by atoms with van der Waals surface area (Å²) in [6.45, 7) is 1.32. The molecule has 0 aliphatic carbocycles. The maximum atomic E-state index is 13.7. The van der Waals surface area contributed by atoms with Crippen LogP contribution in [-0.4, -0.2) is 55.4 Å². The van der Waals surface area contributed by atoms with E-state index in [1.807, 2.05) is 44.1 Å². The molecule has 0 bridgehead atoms. The molecule has 0 aliphatic rings. The van der Waals surface area contributed by atoms with Gasteiger partial charge in [0.05, 0.1) is 36.7 Å². The molecule has 1 N–H and O–H groups in total. The van der Waals surface area contributed by atoms with Crippen molar-refractivity contribution in [3.8, 4) is 11.5 Å². The molecule has 0 heterocycles. The molecule has 0 fully saturated rings. The van der Waals surface area contributed by atoms with Gasteiger partial charge < -0.3 is 14.4 Å². The van der Waals surface area contributed by atoms with Gasteiger partial charge >= 0.3 is 0 Å². The monoisotopic (exact) mass is 588 g/mol. The molecule has 0 spiro atoms. The Morgan fingerprint density at radius 2 is 1.70 bits per heavy atom. The number of hydrogen-bond acceptors (Lipinski definition) is 7. The van der Waals surface area contributed by atoms with Crippen LogP contribution in [0.25, 0.3) is 0 Å². The fourth-order valence-electron chi connectivity index (χ4n) is 3.44. The number of nitrogens with zero attached hydrogens (tertiary/aromatic N) is 3. The number of sulfonamides is 1. The summed E-state index contributed by atoms with van der Waals surface area (Å²) in [4.78, 5) is 14.9. The number of hydrazone groups is 1. The first-order chi connectivity index (χ1) is 17.6. The number of carbonyl (C=O) groups excluding carboxylic acids is 1. The second-order valence-electron chi connectivity index (χ2n) is 8.26. The van der Waals surface area contributed by atoms with Crippen molar-refractivity contribution >= 4 is 49.4 Å². The van der Waals surface area contributed by atoms with Gasteiger partial charge in [-0.05, 0) is 64.8 Å². The quantitative estimate of drug-likeness (QED) is 0.281. The van der Waals surface area contributed by atoms with E-state index in [4.69, 9.17) is 9.47 Å². The number of rotatable bonds is 10. The third-order valence-corrected chi connectivity index (χ3v) is 7.82. The van der Waals surface area contributed by atoms with Crippen LogP contribution in [0, 0.1) is 6.92 Å². The third kappa shape index (κ3) is 6.80. The summed E-state index contributed by atoms with van der Waals surface area (Å²) in [6, 6.07) is 16.7. The van der Waals surface area contributed by atoms with E-state index >= 15 is 0 Å². The molecule has 0 unspecified atom stereocenters. The molecule has 0 radical (unpaired) electrons. The molecule has 9 nitrogen and oxygen atoms in total. The zero-order valence-electron chi connectivity index (χ0n) is 21.2. The van der Waals surface area contributed by atoms with Crippen LogP contribution in [0.5, 0.6) is 11.5 Å². The number of carbonyl (C=O) groups is 1. The number of nitrogens with one attached hydrogen (secondary N) is 1. The predicted octanol–water partition coefficient (Wildman–Crippen LogP) is 4.19. The first-order valence-corrected chi connectivity index (χ1v) is 13.4. The molecule has 37 heavy (non-hydrogen) atoms. The van der Waals surface area contributed by atoms with Crippen LogP contribution >= 0.6 is 15.9 Å². The number of amides is 1. The molecule has 11 heteroatoms. The second kappa shape index (κ2) is 12.1. The lowest BCUT2D eigenvalue weighted by atomic mass is 10.2. The average molecular weight is 590 g/mol. The highest BCUT2D eigenvalue weighted by molar-refractivity contribution is 9.10. The minimum atomic E-state index is -4.15. The van der Waals surface area contributed by atoms with Crippen LogP contribution in [0.1, 0.15) is 11.1 Å². The lowest BCUT2D eigenvalue weighted by Gasteiger charge is -2.25. The Morgan fingerprint density at radius 1 is 1.00 bits per heavy atom. The number of methoxy groups -OCH3 is 2. The van der Waals surface area contributed by atoms with E-state index in [9.17, 15) is 13.2 Å². The van der Waals surface area contributed by atoms with Crippen molar-refractivity contribution in [1.29, 1.82) is 0 Å². The predicted molar refractivity (Wildman–Crippen MR) is 149 cm³/mol. The maximum Gasteiger partial charge on any atom is 0.264 e. The summed E-state index contributed by atoms with van der Waals surface area (Å²) >= 11 is 3.51. The van der Waals surface area contributed by atoms with Crippen molar-refractivity contribution in [3.05, 3.63) is 76.3 Å². The Hall–Kier alpha value is -3.57. The van der Waals surface area contributed by atoms with Gasteiger partial charge in [0.1, 0.15) is 18.0 Å². The number of ether oxygens (including phenoxy) is 2. The van der Waals surface area contributed by atoms with Gasteiger partial charge in [-0.25, -0.2) is 13.8 Å². The number of halogens is 1. The van der Waals surface area contributed by atoms with Gasteiger partial charge in [-0.15, -0.1) is 0 Å². The van der Waals surface area contributed by atoms with Crippen molar-refractivity contribution in [2.45, 2.75) is 11.8 Å². The average Bonchev–Trinajstić information content (AvgIpc) is 2.87. The molecule has 0 saturated heterocycles. The zero-order valence-corrected chi connectivity index (χ0v) is 23.6. The Morgan fingerprint density at radius 3 is 2.30 bits per heavy atom. The number of aryl methyl sites for hydroxylation is 1. The van der Waals surface area contributed by atoms with Crippen molar-refractivity contribution in [2.24, 2.45) is 5.10 Å². The van der Waals surface area contributed by atoms with Crippen LogP contribution in [-0.2, 0) is 14.8 Å². The van der Waals surface area contributed by atoms with E-state index in [2.05, 4.69) is 26.5 Å². The first kappa shape index (κ1) is 28.0. The van der Waals surface area contributed by atoms with E-state index < -0.39 is 22.5 Å². The highest BCUT2D eigenvalue weighted by Crippen LogP contribution is 2.35. The Bertz CT molecular complexity index is 1390. The summed E-state index contributed by atoms with van der Waals surface area (Å²) in [5, 5.41) is 4.01. The summed E-state index contributed by atoms with van der Waals surface area (Å²) in [7, 11) is 2.61. The highest BCUT2D eigenvalue weighted by Gasteiger charge is 2.30. The lowest BCUT2D eigenvalue weighted by Crippen LogP contribution is -2.39. The minimum Gasteiger partial charge on any atom is -0.497 e. The van der Waals surface area contributed by atoms with Gasteiger partial charge in [0.15, 0.2) is 0 Å². The molecule has 0 saturated carbocycles.